The average molecular weight is 208 g/mol. The number of hydrogen-bond acceptors (Lipinski definition) is 2. The minimum Gasteiger partial charge on any atom is -0.354 e. The highest BCUT2D eigenvalue weighted by Gasteiger charge is 2.50. The highest BCUT2D eigenvalue weighted by Crippen LogP contribution is 2.54. The van der Waals surface area contributed by atoms with Crippen molar-refractivity contribution in [1.82, 2.24) is 10.6 Å². The van der Waals surface area contributed by atoms with Gasteiger partial charge in [0.15, 0.2) is 0 Å². The van der Waals surface area contributed by atoms with Crippen molar-refractivity contribution in [2.75, 3.05) is 13.1 Å². The van der Waals surface area contributed by atoms with Crippen LogP contribution in [0, 0.1) is 17.8 Å². The molecule has 0 radical (unpaired) electrons. The highest BCUT2D eigenvalue weighted by molar-refractivity contribution is 5.81. The molecule has 15 heavy (non-hydrogen) atoms. The number of rotatable bonds is 4. The normalized spacial score (nSPS) is 39.1. The van der Waals surface area contributed by atoms with E-state index in [1.165, 1.54) is 25.7 Å². The topological polar surface area (TPSA) is 41.1 Å². The smallest absolute Gasteiger partial charge is 0.223 e. The molecule has 84 valence electrons. The molecule has 0 aromatic carbocycles. The first-order chi connectivity index (χ1) is 7.34. The summed E-state index contributed by atoms with van der Waals surface area (Å²) in [7, 11) is 0. The van der Waals surface area contributed by atoms with Crippen molar-refractivity contribution >= 4 is 5.91 Å². The lowest BCUT2D eigenvalue weighted by atomic mass is 10.2. The lowest BCUT2D eigenvalue weighted by Gasteiger charge is -2.11. The molecular weight excluding hydrogens is 188 g/mol. The Hall–Kier alpha value is -0.570. The van der Waals surface area contributed by atoms with E-state index in [2.05, 4.69) is 10.6 Å². The maximum Gasteiger partial charge on any atom is 0.223 e. The van der Waals surface area contributed by atoms with Gasteiger partial charge in [0.2, 0.25) is 5.91 Å². The molecule has 1 amide bonds. The molecule has 0 spiro atoms. The Morgan fingerprint density at radius 3 is 2.87 bits per heavy atom. The molecular formula is C12H20N2O. The fourth-order valence-electron chi connectivity index (χ4n) is 2.85. The van der Waals surface area contributed by atoms with E-state index < -0.39 is 0 Å². The summed E-state index contributed by atoms with van der Waals surface area (Å²) in [6, 6.07) is 0.534. The van der Waals surface area contributed by atoms with Crippen LogP contribution in [0.25, 0.3) is 0 Å². The molecule has 3 aliphatic rings. The number of carbonyl (C=O) groups excluding carboxylic acids is 1. The van der Waals surface area contributed by atoms with Crippen LogP contribution in [0.4, 0.5) is 0 Å². The third kappa shape index (κ3) is 2.17. The first-order valence-electron chi connectivity index (χ1n) is 6.35. The molecule has 1 aliphatic heterocycles. The van der Waals surface area contributed by atoms with Gasteiger partial charge in [-0.15, -0.1) is 0 Å². The molecule has 3 heteroatoms. The molecule has 1 heterocycles. The molecule has 2 N–H and O–H groups in total. The summed E-state index contributed by atoms with van der Waals surface area (Å²) in [6.07, 6.45) is 6.39. The lowest BCUT2D eigenvalue weighted by Crippen LogP contribution is -2.38. The van der Waals surface area contributed by atoms with Crippen LogP contribution in [-0.4, -0.2) is 25.0 Å². The van der Waals surface area contributed by atoms with E-state index in [1.807, 2.05) is 0 Å². The van der Waals surface area contributed by atoms with Crippen LogP contribution in [-0.2, 0) is 4.79 Å². The van der Waals surface area contributed by atoms with Gasteiger partial charge in [0, 0.05) is 18.5 Å². The first kappa shape index (κ1) is 9.64. The Labute approximate surface area is 91.0 Å². The molecule has 3 unspecified atom stereocenters. The van der Waals surface area contributed by atoms with E-state index in [4.69, 9.17) is 0 Å². The summed E-state index contributed by atoms with van der Waals surface area (Å²) >= 11 is 0. The summed E-state index contributed by atoms with van der Waals surface area (Å²) in [5.74, 6) is 2.35. The minimum absolute atomic E-state index is 0.320. The SMILES string of the molecule is O=C(NCC1CCCN1)C1CC1C1CC1. The lowest BCUT2D eigenvalue weighted by molar-refractivity contribution is -0.122. The Kier molecular flexibility index (Phi) is 2.43. The van der Waals surface area contributed by atoms with Crippen molar-refractivity contribution < 1.29 is 4.79 Å². The van der Waals surface area contributed by atoms with Gasteiger partial charge in [-0.2, -0.15) is 0 Å². The molecule has 2 aliphatic carbocycles. The van der Waals surface area contributed by atoms with Gasteiger partial charge in [-0.3, -0.25) is 4.79 Å². The number of amides is 1. The molecule has 0 bridgehead atoms. The molecule has 3 fully saturated rings. The summed E-state index contributed by atoms with van der Waals surface area (Å²) in [5, 5.41) is 6.50. The van der Waals surface area contributed by atoms with Crippen molar-refractivity contribution in [3.63, 3.8) is 0 Å². The molecule has 0 aromatic rings. The van der Waals surface area contributed by atoms with E-state index >= 15 is 0 Å². The van der Waals surface area contributed by atoms with Gasteiger partial charge < -0.3 is 10.6 Å². The van der Waals surface area contributed by atoms with Gasteiger partial charge in [-0.05, 0) is 50.5 Å². The van der Waals surface area contributed by atoms with Crippen LogP contribution in [0.1, 0.15) is 32.1 Å². The summed E-state index contributed by atoms with van der Waals surface area (Å²) in [5.41, 5.74) is 0. The molecule has 1 saturated heterocycles. The maximum atomic E-state index is 11.8. The second kappa shape index (κ2) is 3.78. The zero-order chi connectivity index (χ0) is 10.3. The van der Waals surface area contributed by atoms with Gasteiger partial charge in [-0.25, -0.2) is 0 Å². The van der Waals surface area contributed by atoms with Crippen LogP contribution in [0.3, 0.4) is 0 Å². The minimum atomic E-state index is 0.320. The maximum absolute atomic E-state index is 11.8. The Morgan fingerprint density at radius 2 is 2.20 bits per heavy atom. The van der Waals surface area contributed by atoms with Gasteiger partial charge >= 0.3 is 0 Å². The van der Waals surface area contributed by atoms with Crippen molar-refractivity contribution in [2.45, 2.75) is 38.1 Å². The molecule has 3 atom stereocenters. The van der Waals surface area contributed by atoms with Crippen LogP contribution in [0.5, 0.6) is 0 Å². The van der Waals surface area contributed by atoms with E-state index in [-0.39, 0.29) is 0 Å². The van der Waals surface area contributed by atoms with Gasteiger partial charge in [0.1, 0.15) is 0 Å². The number of hydrogen-bond donors (Lipinski definition) is 2. The number of carbonyl (C=O) groups is 1. The Bertz CT molecular complexity index is 256. The molecule has 0 aromatic heterocycles. The second-order valence-corrected chi connectivity index (χ2v) is 5.38. The summed E-state index contributed by atoms with van der Waals surface area (Å²) < 4.78 is 0. The van der Waals surface area contributed by atoms with Crippen molar-refractivity contribution in [1.29, 1.82) is 0 Å². The largest absolute Gasteiger partial charge is 0.354 e. The van der Waals surface area contributed by atoms with Gasteiger partial charge in [0.05, 0.1) is 0 Å². The van der Waals surface area contributed by atoms with E-state index in [9.17, 15) is 4.79 Å². The Morgan fingerprint density at radius 1 is 1.33 bits per heavy atom. The third-order valence-electron chi connectivity index (χ3n) is 4.09. The van der Waals surface area contributed by atoms with Crippen molar-refractivity contribution in [2.24, 2.45) is 17.8 Å². The number of nitrogens with one attached hydrogen (secondary N) is 2. The first-order valence-corrected chi connectivity index (χ1v) is 6.35. The predicted octanol–water partition coefficient (Wildman–Crippen LogP) is 0.901. The molecule has 3 nitrogen and oxygen atoms in total. The van der Waals surface area contributed by atoms with Gasteiger partial charge in [-0.1, -0.05) is 0 Å². The fourth-order valence-corrected chi connectivity index (χ4v) is 2.85. The van der Waals surface area contributed by atoms with E-state index in [0.29, 0.717) is 17.9 Å². The quantitative estimate of drug-likeness (QED) is 0.720. The van der Waals surface area contributed by atoms with Crippen molar-refractivity contribution in [3.8, 4) is 0 Å². The second-order valence-electron chi connectivity index (χ2n) is 5.38. The molecule has 3 rings (SSSR count). The average Bonchev–Trinajstić information content (AvgIpc) is 3.11. The van der Waals surface area contributed by atoms with Crippen LogP contribution in [0.2, 0.25) is 0 Å². The zero-order valence-electron chi connectivity index (χ0n) is 9.17. The zero-order valence-corrected chi connectivity index (χ0v) is 9.17. The van der Waals surface area contributed by atoms with Gasteiger partial charge in [0.25, 0.3) is 0 Å². The van der Waals surface area contributed by atoms with E-state index in [0.717, 1.165) is 31.3 Å². The summed E-state index contributed by atoms with van der Waals surface area (Å²) in [4.78, 5) is 11.8. The third-order valence-corrected chi connectivity index (χ3v) is 4.09. The highest BCUT2D eigenvalue weighted by atomic mass is 16.2. The fraction of sp³-hybridized carbons (Fsp3) is 0.917. The standard InChI is InChI=1S/C12H20N2O/c15-12(11-6-10(11)8-3-4-8)14-7-9-2-1-5-13-9/h8-11,13H,1-7H2,(H,14,15). The summed E-state index contributed by atoms with van der Waals surface area (Å²) in [6.45, 7) is 1.96. The van der Waals surface area contributed by atoms with E-state index in [1.54, 1.807) is 0 Å². The molecule has 2 saturated carbocycles. The van der Waals surface area contributed by atoms with Crippen LogP contribution in [0.15, 0.2) is 0 Å². The monoisotopic (exact) mass is 208 g/mol. The van der Waals surface area contributed by atoms with Crippen LogP contribution < -0.4 is 10.6 Å². The van der Waals surface area contributed by atoms with Crippen molar-refractivity contribution in [3.05, 3.63) is 0 Å². The predicted molar refractivity (Wildman–Crippen MR) is 58.4 cm³/mol. The Balaban J connectivity index is 1.38. The van der Waals surface area contributed by atoms with Crippen LogP contribution >= 0.6 is 0 Å².